The van der Waals surface area contributed by atoms with Crippen LogP contribution in [0.4, 0.5) is 0 Å². The van der Waals surface area contributed by atoms with Gasteiger partial charge in [-0.3, -0.25) is 14.4 Å². The van der Waals surface area contributed by atoms with Crippen molar-refractivity contribution >= 4 is 17.9 Å². The maximum atomic E-state index is 13.3. The first-order valence-corrected chi connectivity index (χ1v) is 22.4. The molecule has 0 rings (SSSR count). The Morgan fingerprint density at radius 1 is 0.518 bits per heavy atom. The lowest BCUT2D eigenvalue weighted by atomic mass is 9.73. The highest BCUT2D eigenvalue weighted by Crippen LogP contribution is 2.37. The Bertz CT molecular complexity index is 1040. The summed E-state index contributed by atoms with van der Waals surface area (Å²) in [5.41, 5.74) is 0.0390. The normalized spacial score (nSPS) is 12.7. The average molecular weight is 786 g/mol. The zero-order valence-electron chi connectivity index (χ0n) is 37.7. The van der Waals surface area contributed by atoms with Crippen LogP contribution in [0, 0.1) is 10.8 Å². The molecule has 0 heterocycles. The number of esters is 3. The Hall–Kier alpha value is -2.67. The SMILES string of the molecule is CC(=O)OCCC/C=C\C/C=C\CCCCCCCCC(CCCCCCCC/C=C\C/C=C\CCCOC(C)=O)OC(=O)CC(C)(C)CC(C)(C)CN(C)C. The molecule has 0 aliphatic carbocycles. The lowest BCUT2D eigenvalue weighted by molar-refractivity contribution is -0.152. The predicted molar refractivity (Wildman–Crippen MR) is 237 cm³/mol. The molecule has 0 saturated heterocycles. The number of allylic oxidation sites excluding steroid dienone is 8. The summed E-state index contributed by atoms with van der Waals surface area (Å²) in [5, 5.41) is 0. The van der Waals surface area contributed by atoms with Crippen molar-refractivity contribution in [1.82, 2.24) is 4.90 Å². The highest BCUT2D eigenvalue weighted by atomic mass is 16.5. The molecule has 0 aliphatic rings. The van der Waals surface area contributed by atoms with Gasteiger partial charge in [0.1, 0.15) is 6.10 Å². The molecule has 0 aromatic heterocycles. The molecule has 0 N–H and O–H groups in total. The Balaban J connectivity index is 4.45. The fraction of sp³-hybridized carbons (Fsp3) is 0.776. The lowest BCUT2D eigenvalue weighted by Crippen LogP contribution is -2.34. The monoisotopic (exact) mass is 786 g/mol. The molecule has 0 radical (unpaired) electrons. The van der Waals surface area contributed by atoms with Crippen LogP contribution in [-0.2, 0) is 28.6 Å². The van der Waals surface area contributed by atoms with Crippen LogP contribution in [0.2, 0.25) is 0 Å². The van der Waals surface area contributed by atoms with E-state index in [4.69, 9.17) is 14.2 Å². The van der Waals surface area contributed by atoms with E-state index in [-0.39, 0.29) is 34.8 Å². The van der Waals surface area contributed by atoms with Gasteiger partial charge in [0.2, 0.25) is 0 Å². The van der Waals surface area contributed by atoms with Gasteiger partial charge in [-0.05, 0) is 121 Å². The number of unbranched alkanes of at least 4 members (excludes halogenated alkanes) is 14. The summed E-state index contributed by atoms with van der Waals surface area (Å²) in [6.07, 6.45) is 43.8. The first-order chi connectivity index (χ1) is 26.7. The smallest absolute Gasteiger partial charge is 0.306 e. The third kappa shape index (κ3) is 39.6. The minimum absolute atomic E-state index is 0.0220. The Kier molecular flexibility index (Phi) is 33.8. The molecule has 0 aromatic carbocycles. The van der Waals surface area contributed by atoms with Gasteiger partial charge in [-0.15, -0.1) is 0 Å². The molecular weight excluding hydrogens is 699 g/mol. The van der Waals surface area contributed by atoms with Crippen LogP contribution in [0.15, 0.2) is 48.6 Å². The maximum absolute atomic E-state index is 13.3. The second-order valence-electron chi connectivity index (χ2n) is 17.8. The van der Waals surface area contributed by atoms with Gasteiger partial charge >= 0.3 is 17.9 Å². The molecule has 0 amide bonds. The van der Waals surface area contributed by atoms with Crippen molar-refractivity contribution in [1.29, 1.82) is 0 Å². The molecule has 0 unspecified atom stereocenters. The van der Waals surface area contributed by atoms with E-state index in [1.54, 1.807) is 0 Å². The van der Waals surface area contributed by atoms with Crippen molar-refractivity contribution in [2.24, 2.45) is 10.8 Å². The van der Waals surface area contributed by atoms with Crippen molar-refractivity contribution in [2.45, 2.75) is 202 Å². The number of nitrogens with zero attached hydrogens (tertiary/aromatic N) is 1. The summed E-state index contributed by atoms with van der Waals surface area (Å²) in [6, 6.07) is 0. The fourth-order valence-electron chi connectivity index (χ4n) is 7.68. The summed E-state index contributed by atoms with van der Waals surface area (Å²) < 4.78 is 16.1. The molecule has 0 spiro atoms. The maximum Gasteiger partial charge on any atom is 0.306 e. The molecule has 0 bridgehead atoms. The third-order valence-electron chi connectivity index (χ3n) is 9.77. The molecule has 324 valence electrons. The molecule has 0 aromatic rings. The van der Waals surface area contributed by atoms with Crippen LogP contribution >= 0.6 is 0 Å². The summed E-state index contributed by atoms with van der Waals surface area (Å²) in [4.78, 5) is 37.1. The largest absolute Gasteiger partial charge is 0.466 e. The van der Waals surface area contributed by atoms with Gasteiger partial charge in [0.05, 0.1) is 19.6 Å². The minimum atomic E-state index is -0.206. The minimum Gasteiger partial charge on any atom is -0.466 e. The molecule has 0 aliphatic heterocycles. The van der Waals surface area contributed by atoms with Crippen molar-refractivity contribution in [3.63, 3.8) is 0 Å². The van der Waals surface area contributed by atoms with E-state index in [9.17, 15) is 14.4 Å². The summed E-state index contributed by atoms with van der Waals surface area (Å²) in [5.74, 6) is -0.435. The highest BCUT2D eigenvalue weighted by molar-refractivity contribution is 5.70. The molecule has 7 heteroatoms. The zero-order chi connectivity index (χ0) is 41.8. The summed E-state index contributed by atoms with van der Waals surface area (Å²) >= 11 is 0. The predicted octanol–water partition coefficient (Wildman–Crippen LogP) is 13.2. The number of hydrogen-bond acceptors (Lipinski definition) is 7. The van der Waals surface area contributed by atoms with Crippen molar-refractivity contribution in [3.05, 3.63) is 48.6 Å². The molecule has 0 fully saturated rings. The van der Waals surface area contributed by atoms with Crippen LogP contribution in [0.3, 0.4) is 0 Å². The van der Waals surface area contributed by atoms with E-state index < -0.39 is 0 Å². The van der Waals surface area contributed by atoms with Crippen LogP contribution < -0.4 is 0 Å². The molecular formula is C49H87NO6. The van der Waals surface area contributed by atoms with E-state index in [1.807, 2.05) is 0 Å². The topological polar surface area (TPSA) is 82.1 Å². The van der Waals surface area contributed by atoms with Gasteiger partial charge in [0, 0.05) is 20.4 Å². The number of carbonyl (C=O) groups is 3. The third-order valence-corrected chi connectivity index (χ3v) is 9.77. The van der Waals surface area contributed by atoms with E-state index in [2.05, 4.69) is 95.3 Å². The Morgan fingerprint density at radius 3 is 1.29 bits per heavy atom. The summed E-state index contributed by atoms with van der Waals surface area (Å²) in [6.45, 7) is 13.9. The quantitative estimate of drug-likeness (QED) is 0.0268. The van der Waals surface area contributed by atoms with Crippen LogP contribution in [0.25, 0.3) is 0 Å². The summed E-state index contributed by atoms with van der Waals surface area (Å²) in [7, 11) is 4.24. The van der Waals surface area contributed by atoms with Gasteiger partial charge in [-0.2, -0.15) is 0 Å². The van der Waals surface area contributed by atoms with Crippen LogP contribution in [0.5, 0.6) is 0 Å². The van der Waals surface area contributed by atoms with Crippen LogP contribution in [-0.4, -0.2) is 62.8 Å². The van der Waals surface area contributed by atoms with Crippen LogP contribution in [0.1, 0.15) is 196 Å². The Labute approximate surface area is 345 Å². The number of rotatable bonds is 37. The fourth-order valence-corrected chi connectivity index (χ4v) is 7.68. The zero-order valence-corrected chi connectivity index (χ0v) is 37.7. The van der Waals surface area contributed by atoms with E-state index in [0.717, 1.165) is 90.0 Å². The Morgan fingerprint density at radius 2 is 0.893 bits per heavy atom. The first kappa shape index (κ1) is 53.3. The number of hydrogen-bond donors (Lipinski definition) is 0. The van der Waals surface area contributed by atoms with Gasteiger partial charge in [-0.25, -0.2) is 0 Å². The van der Waals surface area contributed by atoms with Gasteiger partial charge in [0.15, 0.2) is 0 Å². The second-order valence-corrected chi connectivity index (χ2v) is 17.8. The van der Waals surface area contributed by atoms with Gasteiger partial charge in [-0.1, -0.05) is 128 Å². The van der Waals surface area contributed by atoms with Gasteiger partial charge < -0.3 is 19.1 Å². The highest BCUT2D eigenvalue weighted by Gasteiger charge is 2.32. The second kappa shape index (κ2) is 35.5. The van der Waals surface area contributed by atoms with E-state index in [1.165, 1.54) is 78.1 Å². The number of ether oxygens (including phenoxy) is 3. The first-order valence-electron chi connectivity index (χ1n) is 22.4. The van der Waals surface area contributed by atoms with Crippen molar-refractivity contribution in [2.75, 3.05) is 33.9 Å². The molecule has 56 heavy (non-hydrogen) atoms. The number of carbonyl (C=O) groups excluding carboxylic acids is 3. The standard InChI is InChI=1S/C49H87NO6/c1-44(51)54-39-35-31-27-23-19-15-11-9-13-17-21-25-29-33-37-46(56-47(53)41-48(3,4)42-49(5,6)43-50(7)8)38-34-30-26-22-18-14-10-12-16-20-24-28-32-36-40-55-45(2)52/h11-12,15-16,23-24,27-28,46H,9-10,13-14,17-22,25-26,29-43H2,1-8H3/b15-11-,16-12-,27-23-,28-24-. The van der Waals surface area contributed by atoms with Crippen molar-refractivity contribution in [3.8, 4) is 0 Å². The van der Waals surface area contributed by atoms with Gasteiger partial charge in [0.25, 0.3) is 0 Å². The van der Waals surface area contributed by atoms with E-state index in [0.29, 0.717) is 19.6 Å². The molecule has 7 nitrogen and oxygen atoms in total. The molecule has 0 saturated carbocycles. The molecule has 0 atom stereocenters. The van der Waals surface area contributed by atoms with E-state index >= 15 is 0 Å². The lowest BCUT2D eigenvalue weighted by Gasteiger charge is -2.36. The average Bonchev–Trinajstić information content (AvgIpc) is 3.09. The van der Waals surface area contributed by atoms with Crippen molar-refractivity contribution < 1.29 is 28.6 Å².